The van der Waals surface area contributed by atoms with Crippen molar-refractivity contribution in [3.05, 3.63) is 63.2 Å². The first-order chi connectivity index (χ1) is 16.7. The molecule has 36 heavy (non-hydrogen) atoms. The van der Waals surface area contributed by atoms with Crippen LogP contribution in [0, 0.1) is 5.82 Å². The first-order valence-corrected chi connectivity index (χ1v) is 12.1. The van der Waals surface area contributed by atoms with Gasteiger partial charge in [-0.2, -0.15) is 5.09 Å². The van der Waals surface area contributed by atoms with E-state index in [9.17, 15) is 28.4 Å². The molecule has 2 heterocycles. The molecule has 3 rings (SSSR count). The van der Waals surface area contributed by atoms with Crippen molar-refractivity contribution in [2.45, 2.75) is 50.4 Å². The van der Waals surface area contributed by atoms with Crippen molar-refractivity contribution >= 4 is 13.7 Å². The van der Waals surface area contributed by atoms with Gasteiger partial charge in [0.1, 0.15) is 29.3 Å². The van der Waals surface area contributed by atoms with Crippen LogP contribution in [-0.4, -0.2) is 57.8 Å². The minimum absolute atomic E-state index is 0.0891. The Morgan fingerprint density at radius 3 is 2.53 bits per heavy atom. The quantitative estimate of drug-likeness (QED) is 0.318. The molecule has 1 fully saturated rings. The van der Waals surface area contributed by atoms with Gasteiger partial charge >= 0.3 is 19.4 Å². The molecule has 0 radical (unpaired) electrons. The fourth-order valence-corrected chi connectivity index (χ4v) is 5.17. The Kier molecular flexibility index (Phi) is 7.86. The number of hydrogen-bond acceptors (Lipinski definition) is 9. The first kappa shape index (κ1) is 27.7. The van der Waals surface area contributed by atoms with E-state index in [1.165, 1.54) is 13.8 Å². The lowest BCUT2D eigenvalue weighted by molar-refractivity contribution is -0.146. The number of carbonyl (C=O) groups is 1. The number of nitrogens with zero attached hydrogens (tertiary/aromatic N) is 1. The van der Waals surface area contributed by atoms with Crippen LogP contribution in [0.4, 0.5) is 8.78 Å². The van der Waals surface area contributed by atoms with Crippen LogP contribution in [0.1, 0.15) is 27.0 Å². The van der Waals surface area contributed by atoms with E-state index in [1.54, 1.807) is 0 Å². The van der Waals surface area contributed by atoms with Crippen molar-refractivity contribution in [1.82, 2.24) is 14.6 Å². The zero-order valence-electron chi connectivity index (χ0n) is 19.8. The molecule has 198 valence electrons. The fourth-order valence-electron chi connectivity index (χ4n) is 3.49. The zero-order chi connectivity index (χ0) is 26.9. The average molecular weight is 533 g/mol. The topological polar surface area (TPSA) is 158 Å². The lowest BCUT2D eigenvalue weighted by Crippen LogP contribution is -2.47. The van der Waals surface area contributed by atoms with Crippen LogP contribution in [-0.2, 0) is 23.4 Å². The summed E-state index contributed by atoms with van der Waals surface area (Å²) in [5.74, 6) is -1.50. The third-order valence-electron chi connectivity index (χ3n) is 5.38. The lowest BCUT2D eigenvalue weighted by Gasteiger charge is -2.29. The number of aliphatic hydroxyl groups excluding tert-OH is 1. The molecule has 5 atom stereocenters. The predicted octanol–water partition coefficient (Wildman–Crippen LogP) is 1.41. The molecule has 1 aliphatic rings. The van der Waals surface area contributed by atoms with E-state index in [2.05, 4.69) is 9.82 Å². The minimum atomic E-state index is -4.48. The second kappa shape index (κ2) is 10.2. The summed E-state index contributed by atoms with van der Waals surface area (Å²) in [5.41, 5.74) is -5.82. The summed E-state index contributed by atoms with van der Waals surface area (Å²) < 4.78 is 64.0. The Bertz CT molecular complexity index is 1260. The molecule has 2 aromatic rings. The lowest BCUT2D eigenvalue weighted by atomic mass is 9.98. The van der Waals surface area contributed by atoms with Crippen molar-refractivity contribution in [3.8, 4) is 5.75 Å². The van der Waals surface area contributed by atoms with Crippen LogP contribution < -0.4 is 20.9 Å². The second-order valence-corrected chi connectivity index (χ2v) is 10.4. The van der Waals surface area contributed by atoms with Gasteiger partial charge in [-0.25, -0.2) is 18.1 Å². The molecule has 0 spiro atoms. The van der Waals surface area contributed by atoms with E-state index < -0.39 is 67.0 Å². The number of aliphatic hydroxyl groups is 1. The molecular formula is C21H26F2N3O9P. The van der Waals surface area contributed by atoms with Gasteiger partial charge in [-0.3, -0.25) is 23.7 Å². The van der Waals surface area contributed by atoms with Crippen molar-refractivity contribution in [3.63, 3.8) is 0 Å². The number of hydrogen-bond donors (Lipinski definition) is 3. The second-order valence-electron chi connectivity index (χ2n) is 8.71. The molecular weight excluding hydrogens is 507 g/mol. The monoisotopic (exact) mass is 533 g/mol. The SMILES string of the molecule is COC(=O)C(C)(C)NP(=O)(OC[C@H]1O[C@@H](n2ccc(=O)[nH]c2=O)[C@](C)(F)[C@@H]1O)Oc1ccc(F)cc1. The van der Waals surface area contributed by atoms with Gasteiger partial charge in [0.2, 0.25) is 0 Å². The summed E-state index contributed by atoms with van der Waals surface area (Å²) in [4.78, 5) is 37.5. The van der Waals surface area contributed by atoms with Crippen molar-refractivity contribution < 1.29 is 41.8 Å². The number of benzene rings is 1. The normalized spacial score (nSPS) is 25.8. The van der Waals surface area contributed by atoms with E-state index in [-0.39, 0.29) is 5.75 Å². The highest BCUT2D eigenvalue weighted by Crippen LogP contribution is 2.48. The molecule has 1 aromatic carbocycles. The maximum atomic E-state index is 15.4. The third-order valence-corrected chi connectivity index (χ3v) is 7.15. The summed E-state index contributed by atoms with van der Waals surface area (Å²) in [6.45, 7) is 2.92. The number of carbonyl (C=O) groups excluding carboxylic acids is 1. The summed E-state index contributed by atoms with van der Waals surface area (Å²) in [5, 5.41) is 13.0. The summed E-state index contributed by atoms with van der Waals surface area (Å²) in [6.07, 6.45) is -3.99. The highest BCUT2D eigenvalue weighted by molar-refractivity contribution is 7.52. The number of aromatic nitrogens is 2. The summed E-state index contributed by atoms with van der Waals surface area (Å²) in [7, 11) is -3.36. The third kappa shape index (κ3) is 5.90. The largest absolute Gasteiger partial charge is 0.468 e. The predicted molar refractivity (Wildman–Crippen MR) is 121 cm³/mol. The van der Waals surface area contributed by atoms with Gasteiger partial charge in [0.05, 0.1) is 13.7 Å². The Morgan fingerprint density at radius 2 is 1.94 bits per heavy atom. The maximum absolute atomic E-state index is 15.4. The molecule has 0 bridgehead atoms. The molecule has 15 heteroatoms. The average Bonchev–Trinajstić information content (AvgIpc) is 3.02. The highest BCUT2D eigenvalue weighted by atomic mass is 31.2. The molecule has 1 aliphatic heterocycles. The van der Waals surface area contributed by atoms with Gasteiger partial charge in [-0.1, -0.05) is 0 Å². The minimum Gasteiger partial charge on any atom is -0.468 e. The molecule has 12 nitrogen and oxygen atoms in total. The number of ether oxygens (including phenoxy) is 2. The van der Waals surface area contributed by atoms with Gasteiger partial charge in [-0.15, -0.1) is 0 Å². The van der Waals surface area contributed by atoms with Gasteiger partial charge < -0.3 is 19.1 Å². The van der Waals surface area contributed by atoms with E-state index in [1.807, 2.05) is 4.98 Å². The maximum Gasteiger partial charge on any atom is 0.459 e. The molecule has 3 N–H and O–H groups in total. The molecule has 0 saturated carbocycles. The van der Waals surface area contributed by atoms with Crippen LogP contribution in [0.15, 0.2) is 46.1 Å². The van der Waals surface area contributed by atoms with Gasteiger partial charge in [-0.05, 0) is 45.0 Å². The standard InChI is InChI=1S/C21H26F2N3O9P/c1-20(2,18(29)32-4)25-36(31,35-13-7-5-12(22)6-8-13)33-11-14-16(28)21(3,23)17(34-14)26-10-9-15(27)24-19(26)30/h5-10,14,16-17,28H,11H2,1-4H3,(H,25,31)(H,24,27,30)/t14-,16-,17-,21-,36?/m1/s1. The number of nitrogens with one attached hydrogen (secondary N) is 2. The Balaban J connectivity index is 1.85. The molecule has 1 unspecified atom stereocenters. The van der Waals surface area contributed by atoms with E-state index in [0.29, 0.717) is 0 Å². The van der Waals surface area contributed by atoms with E-state index in [4.69, 9.17) is 13.8 Å². The van der Waals surface area contributed by atoms with Crippen LogP contribution in [0.2, 0.25) is 0 Å². The summed E-state index contributed by atoms with van der Waals surface area (Å²) >= 11 is 0. The zero-order valence-corrected chi connectivity index (χ0v) is 20.7. The fraction of sp³-hybridized carbons (Fsp3) is 0.476. The van der Waals surface area contributed by atoms with Crippen LogP contribution in [0.3, 0.4) is 0 Å². The van der Waals surface area contributed by atoms with Gasteiger partial charge in [0, 0.05) is 12.3 Å². The number of halogens is 2. The van der Waals surface area contributed by atoms with Crippen LogP contribution in [0.5, 0.6) is 5.75 Å². The number of methoxy groups -OCH3 is 1. The van der Waals surface area contributed by atoms with Gasteiger partial charge in [0.25, 0.3) is 5.56 Å². The molecule has 1 aromatic heterocycles. The van der Waals surface area contributed by atoms with Crippen molar-refractivity contribution in [2.24, 2.45) is 0 Å². The van der Waals surface area contributed by atoms with Crippen molar-refractivity contribution in [1.29, 1.82) is 0 Å². The number of H-pyrrole nitrogens is 1. The first-order valence-electron chi connectivity index (χ1n) is 10.6. The Hall–Kier alpha value is -2.90. The molecule has 0 aliphatic carbocycles. The molecule has 0 amide bonds. The number of rotatable bonds is 9. The van der Waals surface area contributed by atoms with Crippen LogP contribution >= 0.6 is 7.75 Å². The van der Waals surface area contributed by atoms with E-state index >= 15 is 4.39 Å². The smallest absolute Gasteiger partial charge is 0.459 e. The highest BCUT2D eigenvalue weighted by Gasteiger charge is 2.56. The van der Waals surface area contributed by atoms with Crippen LogP contribution in [0.25, 0.3) is 0 Å². The number of alkyl halides is 1. The Labute approximate surface area is 203 Å². The van der Waals surface area contributed by atoms with E-state index in [0.717, 1.165) is 55.1 Å². The number of aromatic amines is 1. The number of esters is 1. The molecule has 1 saturated heterocycles. The van der Waals surface area contributed by atoms with Gasteiger partial charge in [0.15, 0.2) is 11.9 Å². The Morgan fingerprint density at radius 1 is 1.31 bits per heavy atom. The van der Waals surface area contributed by atoms with Crippen molar-refractivity contribution in [2.75, 3.05) is 13.7 Å². The summed E-state index contributed by atoms with van der Waals surface area (Å²) in [6, 6.07) is 5.37.